The van der Waals surface area contributed by atoms with Crippen molar-refractivity contribution in [2.24, 2.45) is 0 Å². The van der Waals surface area contributed by atoms with Crippen molar-refractivity contribution in [2.45, 2.75) is 19.8 Å². The zero-order valence-corrected chi connectivity index (χ0v) is 15.7. The summed E-state index contributed by atoms with van der Waals surface area (Å²) in [7, 11) is 0. The number of ether oxygens (including phenoxy) is 1. The summed E-state index contributed by atoms with van der Waals surface area (Å²) in [5.74, 6) is -1.68. The first-order valence-corrected chi connectivity index (χ1v) is 8.76. The maximum atomic E-state index is 13.4. The number of rotatable bonds is 7. The zero-order chi connectivity index (χ0) is 19.1. The Morgan fingerprint density at radius 3 is 2.50 bits per heavy atom. The van der Waals surface area contributed by atoms with E-state index in [-0.39, 0.29) is 34.7 Å². The third-order valence-electron chi connectivity index (χ3n) is 3.65. The van der Waals surface area contributed by atoms with E-state index >= 15 is 0 Å². The normalized spacial score (nSPS) is 10.5. The van der Waals surface area contributed by atoms with Crippen LogP contribution >= 0.6 is 23.2 Å². The lowest BCUT2D eigenvalue weighted by Gasteiger charge is -2.08. The van der Waals surface area contributed by atoms with Crippen molar-refractivity contribution in [3.63, 3.8) is 0 Å². The van der Waals surface area contributed by atoms with Crippen molar-refractivity contribution in [1.29, 1.82) is 0 Å². The molecule has 26 heavy (non-hydrogen) atoms. The molecule has 1 amide bonds. The van der Waals surface area contributed by atoms with E-state index in [0.29, 0.717) is 12.8 Å². The van der Waals surface area contributed by atoms with Crippen molar-refractivity contribution in [3.05, 3.63) is 69.0 Å². The summed E-state index contributed by atoms with van der Waals surface area (Å²) in [6.07, 6.45) is 0.969. The van der Waals surface area contributed by atoms with Gasteiger partial charge < -0.3 is 10.1 Å². The van der Waals surface area contributed by atoms with Crippen molar-refractivity contribution in [1.82, 2.24) is 5.32 Å². The number of amides is 1. The van der Waals surface area contributed by atoms with Crippen LogP contribution in [0.15, 0.2) is 36.4 Å². The van der Waals surface area contributed by atoms with Crippen molar-refractivity contribution in [3.8, 4) is 0 Å². The van der Waals surface area contributed by atoms with Gasteiger partial charge in [0, 0.05) is 6.42 Å². The minimum Gasteiger partial charge on any atom is -0.460 e. The van der Waals surface area contributed by atoms with E-state index in [1.54, 1.807) is 0 Å². The summed E-state index contributed by atoms with van der Waals surface area (Å²) >= 11 is 11.4. The second-order valence-electron chi connectivity index (χ2n) is 5.72. The van der Waals surface area contributed by atoms with Gasteiger partial charge in [0.2, 0.25) is 5.91 Å². The first kappa shape index (κ1) is 20.2. The van der Waals surface area contributed by atoms with E-state index in [0.717, 1.165) is 17.7 Å². The van der Waals surface area contributed by atoms with E-state index in [9.17, 15) is 14.0 Å². The first-order valence-electron chi connectivity index (χ1n) is 8.00. The molecule has 0 aliphatic carbocycles. The molecule has 0 atom stereocenters. The lowest BCUT2D eigenvalue weighted by molar-refractivity contribution is -0.121. The molecule has 138 valence electrons. The predicted octanol–water partition coefficient (Wildman–Crippen LogP) is 4.35. The van der Waals surface area contributed by atoms with Crippen LogP contribution in [0.4, 0.5) is 4.39 Å². The Hall–Kier alpha value is -2.11. The number of carbonyl (C=O) groups is 2. The highest BCUT2D eigenvalue weighted by Gasteiger charge is 2.15. The fourth-order valence-corrected chi connectivity index (χ4v) is 2.65. The molecule has 2 rings (SSSR count). The summed E-state index contributed by atoms with van der Waals surface area (Å²) in [6.45, 7) is 2.12. The Labute approximate surface area is 161 Å². The van der Waals surface area contributed by atoms with E-state index in [1.807, 2.05) is 31.2 Å². The Bertz CT molecular complexity index is 794. The summed E-state index contributed by atoms with van der Waals surface area (Å²) in [6, 6.07) is 10.0. The van der Waals surface area contributed by atoms with Crippen LogP contribution in [-0.2, 0) is 16.0 Å². The highest BCUT2D eigenvalue weighted by Crippen LogP contribution is 2.24. The molecule has 0 fully saturated rings. The minimum atomic E-state index is -0.778. The van der Waals surface area contributed by atoms with Gasteiger partial charge in [0.05, 0.1) is 22.2 Å². The van der Waals surface area contributed by atoms with Crippen LogP contribution < -0.4 is 5.32 Å². The number of esters is 1. The van der Waals surface area contributed by atoms with Crippen molar-refractivity contribution >= 4 is 35.1 Å². The monoisotopic (exact) mass is 397 g/mol. The average molecular weight is 398 g/mol. The molecular weight excluding hydrogens is 380 g/mol. The zero-order valence-electron chi connectivity index (χ0n) is 14.2. The van der Waals surface area contributed by atoms with Gasteiger partial charge in [0.1, 0.15) is 12.4 Å². The largest absolute Gasteiger partial charge is 0.460 e. The third-order valence-corrected chi connectivity index (χ3v) is 4.25. The Balaban J connectivity index is 1.71. The molecule has 0 aliphatic rings. The van der Waals surface area contributed by atoms with Gasteiger partial charge in [-0.15, -0.1) is 0 Å². The standard InChI is InChI=1S/C19H18Cl2FNO3/c1-12-2-4-13(5-3-12)6-7-18(24)23-8-9-26-19(25)14-10-17(22)16(21)11-15(14)20/h2-5,10-11H,6-9H2,1H3,(H,23,24). The molecule has 0 saturated carbocycles. The Kier molecular flexibility index (Phi) is 7.42. The van der Waals surface area contributed by atoms with Gasteiger partial charge in [-0.25, -0.2) is 9.18 Å². The van der Waals surface area contributed by atoms with Crippen LogP contribution in [0.25, 0.3) is 0 Å². The van der Waals surface area contributed by atoms with Crippen LogP contribution in [0.1, 0.15) is 27.9 Å². The van der Waals surface area contributed by atoms with Crippen LogP contribution in [0.2, 0.25) is 10.0 Å². The number of carbonyl (C=O) groups excluding carboxylic acids is 2. The molecule has 0 unspecified atom stereocenters. The molecule has 0 bridgehead atoms. The lowest BCUT2D eigenvalue weighted by atomic mass is 10.1. The van der Waals surface area contributed by atoms with E-state index < -0.39 is 11.8 Å². The number of benzene rings is 2. The first-order chi connectivity index (χ1) is 12.4. The molecule has 0 saturated heterocycles. The van der Waals surface area contributed by atoms with Crippen LogP contribution in [0.3, 0.4) is 0 Å². The molecule has 0 aliphatic heterocycles. The average Bonchev–Trinajstić information content (AvgIpc) is 2.61. The quantitative estimate of drug-likeness (QED) is 0.429. The number of halogens is 3. The Morgan fingerprint density at radius 2 is 1.81 bits per heavy atom. The predicted molar refractivity (Wildman–Crippen MR) is 99.2 cm³/mol. The van der Waals surface area contributed by atoms with E-state index in [1.165, 1.54) is 5.56 Å². The molecule has 0 radical (unpaired) electrons. The van der Waals surface area contributed by atoms with Crippen molar-refractivity contribution in [2.75, 3.05) is 13.2 Å². The summed E-state index contributed by atoms with van der Waals surface area (Å²) in [5, 5.41) is 2.49. The third kappa shape index (κ3) is 6.00. The maximum absolute atomic E-state index is 13.4. The van der Waals surface area contributed by atoms with Crippen LogP contribution in [-0.4, -0.2) is 25.0 Å². The van der Waals surface area contributed by atoms with Gasteiger partial charge in [-0.1, -0.05) is 53.0 Å². The second-order valence-corrected chi connectivity index (χ2v) is 6.53. The van der Waals surface area contributed by atoms with Gasteiger partial charge >= 0.3 is 5.97 Å². The van der Waals surface area contributed by atoms with Gasteiger partial charge in [-0.05, 0) is 31.0 Å². The highest BCUT2D eigenvalue weighted by molar-refractivity contribution is 6.36. The Morgan fingerprint density at radius 1 is 1.12 bits per heavy atom. The van der Waals surface area contributed by atoms with E-state index in [2.05, 4.69) is 5.32 Å². The van der Waals surface area contributed by atoms with Gasteiger partial charge in [-0.3, -0.25) is 4.79 Å². The fraction of sp³-hybridized carbons (Fsp3) is 0.263. The molecule has 0 aromatic heterocycles. The topological polar surface area (TPSA) is 55.4 Å². The SMILES string of the molecule is Cc1ccc(CCC(=O)NCCOC(=O)c2cc(F)c(Cl)cc2Cl)cc1. The van der Waals surface area contributed by atoms with E-state index in [4.69, 9.17) is 27.9 Å². The maximum Gasteiger partial charge on any atom is 0.339 e. The number of nitrogens with one attached hydrogen (secondary N) is 1. The van der Waals surface area contributed by atoms with Gasteiger partial charge in [-0.2, -0.15) is 0 Å². The molecule has 0 heterocycles. The smallest absolute Gasteiger partial charge is 0.339 e. The minimum absolute atomic E-state index is 0.00327. The lowest BCUT2D eigenvalue weighted by Crippen LogP contribution is -2.28. The summed E-state index contributed by atoms with van der Waals surface area (Å²) < 4.78 is 18.4. The van der Waals surface area contributed by atoms with Gasteiger partial charge in [0.15, 0.2) is 0 Å². The van der Waals surface area contributed by atoms with Crippen LogP contribution in [0.5, 0.6) is 0 Å². The summed E-state index contributed by atoms with van der Waals surface area (Å²) in [5.41, 5.74) is 2.14. The molecule has 1 N–H and O–H groups in total. The molecule has 4 nitrogen and oxygen atoms in total. The molecule has 2 aromatic carbocycles. The summed E-state index contributed by atoms with van der Waals surface area (Å²) in [4.78, 5) is 23.7. The fourth-order valence-electron chi connectivity index (χ4n) is 2.19. The van der Waals surface area contributed by atoms with Gasteiger partial charge in [0.25, 0.3) is 0 Å². The number of hydrogen-bond acceptors (Lipinski definition) is 3. The number of hydrogen-bond donors (Lipinski definition) is 1. The molecule has 7 heteroatoms. The van der Waals surface area contributed by atoms with Crippen molar-refractivity contribution < 1.29 is 18.7 Å². The highest BCUT2D eigenvalue weighted by atomic mass is 35.5. The number of aryl methyl sites for hydroxylation is 2. The molecule has 2 aromatic rings. The molecular formula is C19H18Cl2FNO3. The second kappa shape index (κ2) is 9.55. The molecule has 0 spiro atoms. The van der Waals surface area contributed by atoms with Crippen LogP contribution in [0, 0.1) is 12.7 Å².